The number of ketones is 2. The van der Waals surface area contributed by atoms with Gasteiger partial charge in [-0.15, -0.1) is 0 Å². The van der Waals surface area contributed by atoms with Crippen LogP contribution < -0.4 is 22.9 Å². The fraction of sp³-hybridized carbons (Fsp3) is 0. The summed E-state index contributed by atoms with van der Waals surface area (Å²) in [7, 11) is 0. The number of nitrogens with two attached hydrogens (primary N) is 4. The van der Waals surface area contributed by atoms with E-state index in [0.29, 0.717) is 0 Å². The average Bonchev–Trinajstić information content (AvgIpc) is 2.41. The molecule has 0 amide bonds. The van der Waals surface area contributed by atoms with Gasteiger partial charge in [0.2, 0.25) is 0 Å². The fourth-order valence-electron chi connectivity index (χ4n) is 2.50. The highest BCUT2D eigenvalue weighted by atomic mass is 16.1. The number of hydrogen-bond donors (Lipinski definition) is 4. The van der Waals surface area contributed by atoms with Gasteiger partial charge >= 0.3 is 0 Å². The summed E-state index contributed by atoms with van der Waals surface area (Å²) < 4.78 is 0. The second-order valence-electron chi connectivity index (χ2n) is 4.65. The van der Waals surface area contributed by atoms with Gasteiger partial charge in [-0.1, -0.05) is 0 Å². The van der Waals surface area contributed by atoms with E-state index in [1.165, 1.54) is 24.3 Å². The molecule has 0 atom stereocenters. The third-order valence-corrected chi connectivity index (χ3v) is 3.45. The van der Waals surface area contributed by atoms with E-state index in [-0.39, 0.29) is 45.0 Å². The summed E-state index contributed by atoms with van der Waals surface area (Å²) in [6, 6.07) is 5.97. The van der Waals surface area contributed by atoms with Crippen molar-refractivity contribution in [2.45, 2.75) is 0 Å². The summed E-state index contributed by atoms with van der Waals surface area (Å²) in [4.78, 5) is 25.2. The molecule has 0 unspecified atom stereocenters. The summed E-state index contributed by atoms with van der Waals surface area (Å²) in [5, 5.41) is 0. The maximum atomic E-state index is 12.6. The van der Waals surface area contributed by atoms with Crippen LogP contribution in [0.15, 0.2) is 24.3 Å². The predicted molar refractivity (Wildman–Crippen MR) is 77.4 cm³/mol. The highest BCUT2D eigenvalue weighted by molar-refractivity contribution is 6.34. The predicted octanol–water partition coefficient (Wildman–Crippen LogP) is 0.791. The van der Waals surface area contributed by atoms with Gasteiger partial charge < -0.3 is 22.9 Å². The first-order valence-corrected chi connectivity index (χ1v) is 5.88. The molecule has 0 aromatic heterocycles. The zero-order chi connectivity index (χ0) is 14.6. The fourth-order valence-corrected chi connectivity index (χ4v) is 2.50. The molecule has 0 saturated carbocycles. The molecule has 6 nitrogen and oxygen atoms in total. The smallest absolute Gasteiger partial charge is 0.198 e. The number of carbonyl (C=O) groups is 2. The van der Waals surface area contributed by atoms with Crippen LogP contribution in [-0.4, -0.2) is 11.6 Å². The zero-order valence-corrected chi connectivity index (χ0v) is 10.4. The van der Waals surface area contributed by atoms with Crippen molar-refractivity contribution < 1.29 is 9.59 Å². The Bertz CT molecular complexity index is 667. The van der Waals surface area contributed by atoms with Crippen molar-refractivity contribution in [3.63, 3.8) is 0 Å². The van der Waals surface area contributed by atoms with E-state index in [1.807, 2.05) is 0 Å². The molecule has 0 heterocycles. The van der Waals surface area contributed by atoms with Crippen molar-refractivity contribution >= 4 is 34.3 Å². The van der Waals surface area contributed by atoms with Gasteiger partial charge in [0, 0.05) is 22.7 Å². The second-order valence-corrected chi connectivity index (χ2v) is 4.65. The van der Waals surface area contributed by atoms with Crippen molar-refractivity contribution in [2.24, 2.45) is 0 Å². The molecule has 20 heavy (non-hydrogen) atoms. The highest BCUT2D eigenvalue weighted by Gasteiger charge is 2.35. The third-order valence-electron chi connectivity index (χ3n) is 3.45. The van der Waals surface area contributed by atoms with E-state index < -0.39 is 11.6 Å². The summed E-state index contributed by atoms with van der Waals surface area (Å²) in [6.45, 7) is 0. The van der Waals surface area contributed by atoms with Crippen LogP contribution in [0.4, 0.5) is 22.7 Å². The zero-order valence-electron chi connectivity index (χ0n) is 10.4. The Labute approximate surface area is 114 Å². The van der Waals surface area contributed by atoms with Crippen molar-refractivity contribution in [1.82, 2.24) is 0 Å². The second kappa shape index (κ2) is 3.74. The number of anilines is 4. The van der Waals surface area contributed by atoms with Gasteiger partial charge in [-0.3, -0.25) is 9.59 Å². The summed E-state index contributed by atoms with van der Waals surface area (Å²) >= 11 is 0. The molecule has 2 aromatic carbocycles. The molecular formula is C14H12N4O2. The standard InChI is InChI=1S/C14H12N4O2/c15-5-1-2-6(16)10-9(5)13(19)11-7(17)3-4-8(18)12(11)14(10)20/h1-4H,15-18H2. The molecule has 0 fully saturated rings. The maximum Gasteiger partial charge on any atom is 0.198 e. The Balaban J connectivity index is 2.46. The summed E-state index contributed by atoms with van der Waals surface area (Å²) in [5.41, 5.74) is 24.4. The number of rotatable bonds is 0. The van der Waals surface area contributed by atoms with Crippen LogP contribution >= 0.6 is 0 Å². The van der Waals surface area contributed by atoms with E-state index in [2.05, 4.69) is 0 Å². The first-order chi connectivity index (χ1) is 9.43. The lowest BCUT2D eigenvalue weighted by atomic mass is 9.81. The van der Waals surface area contributed by atoms with E-state index in [9.17, 15) is 9.59 Å². The number of nitrogen functional groups attached to an aromatic ring is 4. The molecule has 0 radical (unpaired) electrons. The van der Waals surface area contributed by atoms with Crippen molar-refractivity contribution in [3.8, 4) is 0 Å². The van der Waals surface area contributed by atoms with Crippen molar-refractivity contribution in [3.05, 3.63) is 46.5 Å². The molecule has 1 aliphatic rings. The molecule has 1 aliphatic carbocycles. The van der Waals surface area contributed by atoms with Gasteiger partial charge in [-0.25, -0.2) is 0 Å². The molecular weight excluding hydrogens is 256 g/mol. The number of benzene rings is 2. The lowest BCUT2D eigenvalue weighted by Gasteiger charge is -2.22. The van der Waals surface area contributed by atoms with Crippen LogP contribution in [-0.2, 0) is 0 Å². The van der Waals surface area contributed by atoms with Gasteiger partial charge in [-0.05, 0) is 24.3 Å². The third kappa shape index (κ3) is 1.33. The monoisotopic (exact) mass is 268 g/mol. The summed E-state index contributed by atoms with van der Waals surface area (Å²) in [5.74, 6) is -0.853. The van der Waals surface area contributed by atoms with Crippen LogP contribution in [0.1, 0.15) is 31.8 Å². The number of carbonyl (C=O) groups excluding carboxylic acids is 2. The molecule has 2 aromatic rings. The Kier molecular flexibility index (Phi) is 2.25. The van der Waals surface area contributed by atoms with Crippen molar-refractivity contribution in [2.75, 3.05) is 22.9 Å². The van der Waals surface area contributed by atoms with Gasteiger partial charge in [0.1, 0.15) is 0 Å². The molecule has 0 saturated heterocycles. The van der Waals surface area contributed by atoms with E-state index in [0.717, 1.165) is 0 Å². The highest BCUT2D eigenvalue weighted by Crippen LogP contribution is 2.38. The Hall–Kier alpha value is -3.02. The molecule has 0 aliphatic heterocycles. The van der Waals surface area contributed by atoms with Gasteiger partial charge in [0.05, 0.1) is 22.3 Å². The average molecular weight is 268 g/mol. The lowest BCUT2D eigenvalue weighted by molar-refractivity contribution is 0.0981. The van der Waals surface area contributed by atoms with Crippen molar-refractivity contribution in [1.29, 1.82) is 0 Å². The van der Waals surface area contributed by atoms with E-state index in [1.54, 1.807) is 0 Å². The molecule has 8 N–H and O–H groups in total. The Morgan fingerprint density at radius 1 is 0.500 bits per heavy atom. The SMILES string of the molecule is Nc1ccc(N)c2c1C(=O)c1c(N)ccc(N)c1C2=O. The van der Waals surface area contributed by atoms with Gasteiger partial charge in [-0.2, -0.15) is 0 Å². The minimum Gasteiger partial charge on any atom is -0.398 e. The van der Waals surface area contributed by atoms with Crippen LogP contribution in [0.2, 0.25) is 0 Å². The van der Waals surface area contributed by atoms with Gasteiger partial charge in [0.25, 0.3) is 0 Å². The van der Waals surface area contributed by atoms with Crippen LogP contribution in [0.3, 0.4) is 0 Å². The molecule has 100 valence electrons. The quantitative estimate of drug-likeness (QED) is 0.444. The van der Waals surface area contributed by atoms with Crippen LogP contribution in [0, 0.1) is 0 Å². The number of hydrogen-bond acceptors (Lipinski definition) is 6. The molecule has 6 heteroatoms. The molecule has 0 bridgehead atoms. The number of fused-ring (bicyclic) bond motifs is 2. The molecule has 0 spiro atoms. The molecule has 3 rings (SSSR count). The normalized spacial score (nSPS) is 13.0. The summed E-state index contributed by atoms with van der Waals surface area (Å²) in [6.07, 6.45) is 0. The van der Waals surface area contributed by atoms with E-state index in [4.69, 9.17) is 22.9 Å². The minimum atomic E-state index is -0.427. The largest absolute Gasteiger partial charge is 0.398 e. The first-order valence-electron chi connectivity index (χ1n) is 5.88. The Morgan fingerprint density at radius 3 is 0.900 bits per heavy atom. The maximum absolute atomic E-state index is 12.6. The van der Waals surface area contributed by atoms with Crippen LogP contribution in [0.25, 0.3) is 0 Å². The van der Waals surface area contributed by atoms with Crippen LogP contribution in [0.5, 0.6) is 0 Å². The van der Waals surface area contributed by atoms with E-state index >= 15 is 0 Å². The van der Waals surface area contributed by atoms with Gasteiger partial charge in [0.15, 0.2) is 11.6 Å². The first kappa shape index (κ1) is 12.0. The Morgan fingerprint density at radius 2 is 0.700 bits per heavy atom. The topological polar surface area (TPSA) is 138 Å². The minimum absolute atomic E-state index is 0.0970. The lowest BCUT2D eigenvalue weighted by Crippen LogP contribution is -2.26.